The quantitative estimate of drug-likeness (QED) is 0.701. The maximum absolute atomic E-state index is 11.6. The molecule has 0 saturated carbocycles. The lowest BCUT2D eigenvalue weighted by Crippen LogP contribution is -2.49. The molecule has 0 amide bonds. The van der Waals surface area contributed by atoms with Gasteiger partial charge in [0.1, 0.15) is 0 Å². The lowest BCUT2D eigenvalue weighted by Gasteiger charge is -2.48. The van der Waals surface area contributed by atoms with E-state index >= 15 is 0 Å². The summed E-state index contributed by atoms with van der Waals surface area (Å²) in [5.41, 5.74) is 10.9. The molecule has 3 N–H and O–H groups in total. The van der Waals surface area contributed by atoms with Gasteiger partial charge in [-0.15, -0.1) is 0 Å². The number of nitrogens with one attached hydrogen (secondary N) is 1. The fourth-order valence-corrected chi connectivity index (χ4v) is 3.83. The smallest absolute Gasteiger partial charge is 0.248 e. The molecule has 100 valence electrons. The van der Waals surface area contributed by atoms with E-state index in [0.717, 1.165) is 17.7 Å². The standard InChI is InChI=1S/C16H20N2O/c1-4-12-11-7-9(2)8-16(12,17)13-5-6-14(19)18-15(13)10(11)3/h4-7,10-11H,8,17H2,1-3H3,(H,18,19)/b12-4+/t10-,11-,16+/m0/s1. The number of aromatic amines is 1. The van der Waals surface area contributed by atoms with Gasteiger partial charge in [0.2, 0.25) is 5.56 Å². The van der Waals surface area contributed by atoms with Crippen LogP contribution >= 0.6 is 0 Å². The molecule has 3 nitrogen and oxygen atoms in total. The molecule has 0 unspecified atom stereocenters. The Balaban J connectivity index is 2.34. The fraction of sp³-hybridized carbons (Fsp3) is 0.438. The largest absolute Gasteiger partial charge is 0.326 e. The number of aromatic nitrogens is 1. The molecular weight excluding hydrogens is 236 g/mol. The highest BCUT2D eigenvalue weighted by molar-refractivity contribution is 5.50. The summed E-state index contributed by atoms with van der Waals surface area (Å²) in [6.07, 6.45) is 5.28. The molecule has 3 atom stereocenters. The molecule has 3 rings (SSSR count). The van der Waals surface area contributed by atoms with Gasteiger partial charge in [0.15, 0.2) is 0 Å². The van der Waals surface area contributed by atoms with Crippen LogP contribution in [0.4, 0.5) is 0 Å². The monoisotopic (exact) mass is 256 g/mol. The van der Waals surface area contributed by atoms with E-state index in [1.54, 1.807) is 6.07 Å². The van der Waals surface area contributed by atoms with Gasteiger partial charge in [0, 0.05) is 23.6 Å². The highest BCUT2D eigenvalue weighted by Gasteiger charge is 2.46. The van der Waals surface area contributed by atoms with Gasteiger partial charge >= 0.3 is 0 Å². The molecule has 0 saturated heterocycles. The van der Waals surface area contributed by atoms with E-state index < -0.39 is 5.54 Å². The fourth-order valence-electron chi connectivity index (χ4n) is 3.83. The minimum absolute atomic E-state index is 0.0445. The number of nitrogens with two attached hydrogens (primary N) is 1. The maximum atomic E-state index is 11.6. The number of pyridine rings is 1. The summed E-state index contributed by atoms with van der Waals surface area (Å²) in [5.74, 6) is 0.566. The van der Waals surface area contributed by atoms with Crippen molar-refractivity contribution in [2.24, 2.45) is 11.7 Å². The number of hydrogen-bond acceptors (Lipinski definition) is 2. The maximum Gasteiger partial charge on any atom is 0.248 e. The van der Waals surface area contributed by atoms with Crippen LogP contribution in [0.1, 0.15) is 44.4 Å². The van der Waals surface area contributed by atoms with E-state index in [9.17, 15) is 4.79 Å². The van der Waals surface area contributed by atoms with Gasteiger partial charge in [-0.3, -0.25) is 4.79 Å². The highest BCUT2D eigenvalue weighted by atomic mass is 16.1. The van der Waals surface area contributed by atoms with Gasteiger partial charge in [-0.25, -0.2) is 0 Å². The molecular formula is C16H20N2O. The molecule has 0 aromatic carbocycles. The first kappa shape index (κ1) is 12.4. The van der Waals surface area contributed by atoms with E-state index in [0.29, 0.717) is 5.92 Å². The van der Waals surface area contributed by atoms with Crippen LogP contribution in [0.2, 0.25) is 0 Å². The summed E-state index contributed by atoms with van der Waals surface area (Å²) in [5, 5.41) is 0. The number of allylic oxidation sites excluding steroid dienone is 2. The van der Waals surface area contributed by atoms with Crippen LogP contribution < -0.4 is 11.3 Å². The van der Waals surface area contributed by atoms with Crippen molar-refractivity contribution in [2.75, 3.05) is 0 Å². The van der Waals surface area contributed by atoms with Crippen molar-refractivity contribution in [1.29, 1.82) is 0 Å². The van der Waals surface area contributed by atoms with Crippen molar-refractivity contribution < 1.29 is 0 Å². The summed E-state index contributed by atoms with van der Waals surface area (Å²) < 4.78 is 0. The number of hydrogen-bond donors (Lipinski definition) is 2. The summed E-state index contributed by atoms with van der Waals surface area (Å²) in [4.78, 5) is 14.6. The number of H-pyrrole nitrogens is 1. The Hall–Kier alpha value is -1.61. The van der Waals surface area contributed by atoms with Crippen LogP contribution in [0.15, 0.2) is 40.2 Å². The van der Waals surface area contributed by atoms with Crippen molar-refractivity contribution in [3.8, 4) is 0 Å². The van der Waals surface area contributed by atoms with Crippen LogP contribution in [0.3, 0.4) is 0 Å². The first-order valence-corrected chi connectivity index (χ1v) is 6.84. The molecule has 0 aliphatic heterocycles. The second-order valence-electron chi connectivity index (χ2n) is 5.87. The van der Waals surface area contributed by atoms with E-state index in [4.69, 9.17) is 5.73 Å². The minimum atomic E-state index is -0.454. The van der Waals surface area contributed by atoms with Crippen LogP contribution in [0.25, 0.3) is 0 Å². The Kier molecular flexibility index (Phi) is 2.58. The average Bonchev–Trinajstić information content (AvgIpc) is 2.35. The van der Waals surface area contributed by atoms with E-state index in [-0.39, 0.29) is 11.5 Å². The Morgan fingerprint density at radius 3 is 2.89 bits per heavy atom. The average molecular weight is 256 g/mol. The molecule has 1 aromatic heterocycles. The van der Waals surface area contributed by atoms with Crippen molar-refractivity contribution in [3.63, 3.8) is 0 Å². The molecule has 19 heavy (non-hydrogen) atoms. The Labute approximate surface area is 113 Å². The summed E-state index contributed by atoms with van der Waals surface area (Å²) in [6, 6.07) is 3.49. The first-order chi connectivity index (χ1) is 8.97. The highest BCUT2D eigenvalue weighted by Crippen LogP contribution is 2.52. The Bertz CT molecular complexity index is 653. The molecule has 2 aliphatic carbocycles. The van der Waals surface area contributed by atoms with E-state index in [2.05, 4.69) is 37.9 Å². The molecule has 2 bridgehead atoms. The third-order valence-electron chi connectivity index (χ3n) is 4.63. The molecule has 3 heteroatoms. The molecule has 1 heterocycles. The van der Waals surface area contributed by atoms with Gasteiger partial charge in [0.25, 0.3) is 0 Å². The van der Waals surface area contributed by atoms with Gasteiger partial charge < -0.3 is 10.7 Å². The third kappa shape index (κ3) is 1.58. The SMILES string of the molecule is C/C=C1\[C@H]2C=C(C)C[C@]1(N)c1ccc(=O)[nH]c1[C@H]2C. The predicted octanol–water partition coefficient (Wildman–Crippen LogP) is 2.56. The zero-order valence-corrected chi connectivity index (χ0v) is 11.7. The van der Waals surface area contributed by atoms with Crippen molar-refractivity contribution in [2.45, 2.75) is 38.6 Å². The Morgan fingerprint density at radius 2 is 2.21 bits per heavy atom. The van der Waals surface area contributed by atoms with E-state index in [1.165, 1.54) is 11.1 Å². The summed E-state index contributed by atoms with van der Waals surface area (Å²) in [6.45, 7) is 6.36. The topological polar surface area (TPSA) is 58.9 Å². The van der Waals surface area contributed by atoms with Gasteiger partial charge in [0.05, 0.1) is 5.54 Å². The number of fused-ring (bicyclic) bond motifs is 4. The van der Waals surface area contributed by atoms with E-state index in [1.807, 2.05) is 6.07 Å². The van der Waals surface area contributed by atoms with Gasteiger partial charge in [-0.1, -0.05) is 24.6 Å². The van der Waals surface area contributed by atoms with Crippen LogP contribution in [-0.2, 0) is 5.54 Å². The second-order valence-corrected chi connectivity index (χ2v) is 5.87. The molecule has 0 fully saturated rings. The molecule has 0 radical (unpaired) electrons. The molecule has 2 aliphatic rings. The Morgan fingerprint density at radius 1 is 1.47 bits per heavy atom. The molecule has 0 spiro atoms. The van der Waals surface area contributed by atoms with Crippen LogP contribution in [0.5, 0.6) is 0 Å². The summed E-state index contributed by atoms with van der Waals surface area (Å²) >= 11 is 0. The lowest BCUT2D eigenvalue weighted by atomic mass is 9.60. The van der Waals surface area contributed by atoms with Crippen LogP contribution in [-0.4, -0.2) is 4.98 Å². The van der Waals surface area contributed by atoms with Gasteiger partial charge in [-0.2, -0.15) is 0 Å². The normalized spacial score (nSPS) is 34.9. The molecule has 1 aromatic rings. The zero-order chi connectivity index (χ0) is 13.8. The number of rotatable bonds is 0. The summed E-state index contributed by atoms with van der Waals surface area (Å²) in [7, 11) is 0. The zero-order valence-electron chi connectivity index (χ0n) is 11.7. The predicted molar refractivity (Wildman–Crippen MR) is 77.0 cm³/mol. The van der Waals surface area contributed by atoms with Crippen molar-refractivity contribution in [3.05, 3.63) is 57.0 Å². The second kappa shape index (κ2) is 3.94. The third-order valence-corrected chi connectivity index (χ3v) is 4.63. The van der Waals surface area contributed by atoms with Crippen molar-refractivity contribution in [1.82, 2.24) is 4.98 Å². The lowest BCUT2D eigenvalue weighted by molar-refractivity contribution is 0.376. The first-order valence-electron chi connectivity index (χ1n) is 6.84. The minimum Gasteiger partial charge on any atom is -0.326 e. The van der Waals surface area contributed by atoms with Crippen molar-refractivity contribution >= 4 is 0 Å². The van der Waals surface area contributed by atoms with Gasteiger partial charge in [-0.05, 0) is 37.5 Å². The van der Waals surface area contributed by atoms with Crippen LogP contribution in [0, 0.1) is 5.92 Å².